The highest BCUT2D eigenvalue weighted by molar-refractivity contribution is 6.30. The monoisotopic (exact) mass is 340 g/mol. The van der Waals surface area contributed by atoms with E-state index < -0.39 is 34.8 Å². The number of ketones is 2. The van der Waals surface area contributed by atoms with Crippen molar-refractivity contribution < 1.29 is 30.0 Å². The van der Waals surface area contributed by atoms with Gasteiger partial charge in [-0.15, -0.1) is 0 Å². The van der Waals surface area contributed by atoms with Gasteiger partial charge < -0.3 is 20.4 Å². The molecule has 6 heteroatoms. The molecule has 0 bridgehead atoms. The highest BCUT2D eigenvalue weighted by atomic mass is 16.3. The molecule has 4 rings (SSSR count). The Bertz CT molecular complexity index is 957. The second-order valence-corrected chi connectivity index (χ2v) is 6.94. The molecule has 0 saturated carbocycles. The Hall–Kier alpha value is -2.70. The third kappa shape index (κ3) is 2.04. The van der Waals surface area contributed by atoms with Crippen LogP contribution in [0.25, 0.3) is 0 Å². The van der Waals surface area contributed by atoms with E-state index in [-0.39, 0.29) is 46.2 Å². The minimum Gasteiger partial charge on any atom is -0.507 e. The van der Waals surface area contributed by atoms with Crippen LogP contribution in [0.15, 0.2) is 24.3 Å². The maximum atomic E-state index is 12.8. The maximum Gasteiger partial charge on any atom is 0.198 e. The molecule has 25 heavy (non-hydrogen) atoms. The van der Waals surface area contributed by atoms with Crippen LogP contribution in [0.1, 0.15) is 62.4 Å². The van der Waals surface area contributed by atoms with E-state index >= 15 is 0 Å². The van der Waals surface area contributed by atoms with E-state index in [0.717, 1.165) is 0 Å². The molecule has 128 valence electrons. The number of benzene rings is 2. The minimum absolute atomic E-state index is 0.00306. The van der Waals surface area contributed by atoms with Crippen LogP contribution in [0.4, 0.5) is 0 Å². The second-order valence-electron chi connectivity index (χ2n) is 6.94. The van der Waals surface area contributed by atoms with E-state index in [1.54, 1.807) is 12.1 Å². The fourth-order valence-corrected chi connectivity index (χ4v) is 3.89. The highest BCUT2D eigenvalue weighted by Crippen LogP contribution is 2.49. The molecule has 2 aliphatic rings. The SMILES string of the molecule is C[C@]1(O)Cc2c(O)c3c(c(O)c2[C@@H](O)C1)C(=O)c1ccccc1C3=O. The van der Waals surface area contributed by atoms with E-state index in [1.807, 2.05) is 0 Å². The van der Waals surface area contributed by atoms with E-state index in [0.29, 0.717) is 0 Å². The van der Waals surface area contributed by atoms with Crippen molar-refractivity contribution in [3.63, 3.8) is 0 Å². The normalized spacial score (nSPS) is 24.5. The Balaban J connectivity index is 2.07. The van der Waals surface area contributed by atoms with Gasteiger partial charge >= 0.3 is 0 Å². The van der Waals surface area contributed by atoms with Crippen molar-refractivity contribution in [2.24, 2.45) is 0 Å². The summed E-state index contributed by atoms with van der Waals surface area (Å²) in [5.41, 5.74) is -1.47. The van der Waals surface area contributed by atoms with Crippen LogP contribution in [0, 0.1) is 0 Å². The van der Waals surface area contributed by atoms with Crippen molar-refractivity contribution in [2.75, 3.05) is 0 Å². The van der Waals surface area contributed by atoms with Gasteiger partial charge in [-0.3, -0.25) is 9.59 Å². The fraction of sp³-hybridized carbons (Fsp3) is 0.263. The number of carbonyl (C=O) groups excluding carboxylic acids is 2. The van der Waals surface area contributed by atoms with Gasteiger partial charge in [-0.25, -0.2) is 0 Å². The van der Waals surface area contributed by atoms with E-state index in [4.69, 9.17) is 0 Å². The van der Waals surface area contributed by atoms with Crippen molar-refractivity contribution >= 4 is 11.6 Å². The third-order valence-electron chi connectivity index (χ3n) is 4.98. The third-order valence-corrected chi connectivity index (χ3v) is 4.98. The average molecular weight is 340 g/mol. The lowest BCUT2D eigenvalue weighted by Gasteiger charge is -2.35. The van der Waals surface area contributed by atoms with Crippen LogP contribution in [-0.2, 0) is 6.42 Å². The Morgan fingerprint density at radius 2 is 1.52 bits per heavy atom. The quantitative estimate of drug-likeness (QED) is 0.462. The van der Waals surface area contributed by atoms with E-state index in [1.165, 1.54) is 19.1 Å². The number of hydrogen-bond acceptors (Lipinski definition) is 6. The summed E-state index contributed by atoms with van der Waals surface area (Å²) in [7, 11) is 0. The zero-order valence-corrected chi connectivity index (χ0v) is 13.4. The van der Waals surface area contributed by atoms with Crippen LogP contribution in [-0.4, -0.2) is 37.6 Å². The summed E-state index contributed by atoms with van der Waals surface area (Å²) < 4.78 is 0. The summed E-state index contributed by atoms with van der Waals surface area (Å²) in [6, 6.07) is 6.18. The first-order valence-electron chi connectivity index (χ1n) is 7.92. The summed E-state index contributed by atoms with van der Waals surface area (Å²) in [6.45, 7) is 1.50. The molecule has 0 saturated heterocycles. The summed E-state index contributed by atoms with van der Waals surface area (Å²) in [5, 5.41) is 41.9. The van der Waals surface area contributed by atoms with Crippen LogP contribution < -0.4 is 0 Å². The van der Waals surface area contributed by atoms with Gasteiger partial charge in [0.25, 0.3) is 0 Å². The first-order chi connectivity index (χ1) is 11.7. The fourth-order valence-electron chi connectivity index (χ4n) is 3.89. The highest BCUT2D eigenvalue weighted by Gasteiger charge is 2.43. The molecule has 0 unspecified atom stereocenters. The Morgan fingerprint density at radius 3 is 2.08 bits per heavy atom. The predicted octanol–water partition coefficient (Wildman–Crippen LogP) is 1.60. The molecule has 0 aromatic heterocycles. The lowest BCUT2D eigenvalue weighted by molar-refractivity contribution is -0.00904. The molecule has 2 atom stereocenters. The summed E-state index contributed by atoms with van der Waals surface area (Å²) in [5.74, 6) is -2.11. The van der Waals surface area contributed by atoms with Gasteiger partial charge in [-0.2, -0.15) is 0 Å². The first-order valence-corrected chi connectivity index (χ1v) is 7.92. The van der Waals surface area contributed by atoms with Crippen LogP contribution in [0.5, 0.6) is 11.5 Å². The molecule has 2 aromatic rings. The minimum atomic E-state index is -1.30. The number of fused-ring (bicyclic) bond motifs is 3. The lowest BCUT2D eigenvalue weighted by Crippen LogP contribution is -2.35. The molecule has 2 aliphatic carbocycles. The zero-order valence-electron chi connectivity index (χ0n) is 13.4. The molecule has 0 heterocycles. The summed E-state index contributed by atoms with van der Waals surface area (Å²) >= 11 is 0. The topological polar surface area (TPSA) is 115 Å². The van der Waals surface area contributed by atoms with Crippen LogP contribution in [0.3, 0.4) is 0 Å². The number of aliphatic hydroxyl groups is 2. The molecule has 0 radical (unpaired) electrons. The van der Waals surface area contributed by atoms with Gasteiger partial charge in [-0.05, 0) is 6.92 Å². The van der Waals surface area contributed by atoms with Crippen LogP contribution >= 0.6 is 0 Å². The molecule has 0 amide bonds. The van der Waals surface area contributed by atoms with Gasteiger partial charge in [0.05, 0.1) is 22.8 Å². The number of carbonyl (C=O) groups is 2. The zero-order chi connectivity index (χ0) is 18.1. The standard InChI is InChI=1S/C19H16O6/c1-19(25)6-10-12(11(20)7-19)18(24)14-13(17(10)23)15(21)8-4-2-3-5-9(8)16(14)22/h2-5,11,20,23-25H,6-7H2,1H3/t11-,19-/m0/s1. The number of hydrogen-bond donors (Lipinski definition) is 4. The molecule has 0 fully saturated rings. The average Bonchev–Trinajstić information content (AvgIpc) is 2.54. The van der Waals surface area contributed by atoms with E-state index in [9.17, 15) is 30.0 Å². The van der Waals surface area contributed by atoms with Crippen molar-refractivity contribution in [1.29, 1.82) is 0 Å². The van der Waals surface area contributed by atoms with Gasteiger partial charge in [0, 0.05) is 35.1 Å². The number of phenols is 2. The number of phenolic OH excluding ortho intramolecular Hbond substituents is 2. The van der Waals surface area contributed by atoms with Crippen molar-refractivity contribution in [1.82, 2.24) is 0 Å². The molecular formula is C19H16O6. The molecule has 0 spiro atoms. The number of aliphatic hydroxyl groups excluding tert-OH is 1. The lowest BCUT2D eigenvalue weighted by atomic mass is 9.74. The van der Waals surface area contributed by atoms with Crippen molar-refractivity contribution in [3.8, 4) is 11.5 Å². The van der Waals surface area contributed by atoms with E-state index in [2.05, 4.69) is 0 Å². The number of aromatic hydroxyl groups is 2. The smallest absolute Gasteiger partial charge is 0.198 e. The van der Waals surface area contributed by atoms with Crippen molar-refractivity contribution in [3.05, 3.63) is 57.6 Å². The predicted molar refractivity (Wildman–Crippen MR) is 87.0 cm³/mol. The molecule has 6 nitrogen and oxygen atoms in total. The molecular weight excluding hydrogens is 324 g/mol. The summed E-state index contributed by atoms with van der Waals surface area (Å²) in [6.07, 6.45) is -1.35. The molecule has 0 aliphatic heterocycles. The van der Waals surface area contributed by atoms with Crippen molar-refractivity contribution in [2.45, 2.75) is 31.5 Å². The largest absolute Gasteiger partial charge is 0.507 e. The molecule has 4 N–H and O–H groups in total. The number of rotatable bonds is 0. The Kier molecular flexibility index (Phi) is 3.10. The first kappa shape index (κ1) is 15.8. The molecule has 2 aromatic carbocycles. The van der Waals surface area contributed by atoms with Crippen LogP contribution in [0.2, 0.25) is 0 Å². The maximum absolute atomic E-state index is 12.8. The van der Waals surface area contributed by atoms with Gasteiger partial charge in [0.1, 0.15) is 11.5 Å². The Morgan fingerprint density at radius 1 is 1.00 bits per heavy atom. The Labute approximate surface area is 143 Å². The van der Waals surface area contributed by atoms with Gasteiger partial charge in [-0.1, -0.05) is 24.3 Å². The second kappa shape index (κ2) is 4.91. The summed E-state index contributed by atoms with van der Waals surface area (Å²) in [4.78, 5) is 25.6. The van der Waals surface area contributed by atoms with Gasteiger partial charge in [0.15, 0.2) is 11.6 Å². The van der Waals surface area contributed by atoms with Gasteiger partial charge in [0.2, 0.25) is 0 Å².